The van der Waals surface area contributed by atoms with Crippen molar-refractivity contribution in [3.8, 4) is 0 Å². The number of esters is 1. The van der Waals surface area contributed by atoms with Gasteiger partial charge in [-0.1, -0.05) is 29.8 Å². The van der Waals surface area contributed by atoms with Crippen LogP contribution in [0.15, 0.2) is 36.8 Å². The van der Waals surface area contributed by atoms with Crippen molar-refractivity contribution in [1.29, 1.82) is 0 Å². The maximum Gasteiger partial charge on any atom is 0.356 e. The fourth-order valence-corrected chi connectivity index (χ4v) is 2.06. The molecule has 0 aliphatic carbocycles. The quantitative estimate of drug-likeness (QED) is 0.846. The molecule has 2 aromatic rings. The number of benzene rings is 1. The lowest BCUT2D eigenvalue weighted by Gasteiger charge is -2.18. The zero-order chi connectivity index (χ0) is 14.5. The molecule has 5 heteroatoms. The number of nitrogens with zero attached hydrogens (tertiary/aromatic N) is 2. The van der Waals surface area contributed by atoms with Crippen LogP contribution in [0.1, 0.15) is 34.6 Å². The van der Waals surface area contributed by atoms with E-state index >= 15 is 0 Å². The van der Waals surface area contributed by atoms with E-state index in [1.54, 1.807) is 11.5 Å². The lowest BCUT2D eigenvalue weighted by molar-refractivity contribution is 0.0510. The van der Waals surface area contributed by atoms with Crippen molar-refractivity contribution in [2.75, 3.05) is 13.2 Å². The maximum absolute atomic E-state index is 11.9. The highest BCUT2D eigenvalue weighted by Crippen LogP contribution is 2.20. The van der Waals surface area contributed by atoms with E-state index in [2.05, 4.69) is 4.98 Å². The highest BCUT2D eigenvalue weighted by Gasteiger charge is 2.20. The summed E-state index contributed by atoms with van der Waals surface area (Å²) in [6, 6.07) is 7.46. The van der Waals surface area contributed by atoms with Gasteiger partial charge in [0.15, 0.2) is 0 Å². The molecule has 1 N–H and O–H groups in total. The predicted octanol–water partition coefficient (Wildman–Crippen LogP) is 1.95. The highest BCUT2D eigenvalue weighted by molar-refractivity contribution is 5.87. The van der Waals surface area contributed by atoms with E-state index in [4.69, 9.17) is 4.74 Å². The van der Waals surface area contributed by atoms with Crippen LogP contribution in [0.3, 0.4) is 0 Å². The van der Waals surface area contributed by atoms with Gasteiger partial charge in [0, 0.05) is 0 Å². The van der Waals surface area contributed by atoms with E-state index in [9.17, 15) is 9.90 Å². The van der Waals surface area contributed by atoms with E-state index in [1.807, 2.05) is 31.2 Å². The van der Waals surface area contributed by atoms with Gasteiger partial charge in [-0.25, -0.2) is 9.78 Å². The van der Waals surface area contributed by atoms with Gasteiger partial charge in [0.25, 0.3) is 0 Å². The molecule has 0 fully saturated rings. The van der Waals surface area contributed by atoms with Gasteiger partial charge in [0.05, 0.1) is 31.8 Å². The third kappa shape index (κ3) is 2.88. The van der Waals surface area contributed by atoms with Crippen LogP contribution in [0, 0.1) is 6.92 Å². The minimum absolute atomic E-state index is 0.119. The molecule has 1 heterocycles. The van der Waals surface area contributed by atoms with E-state index < -0.39 is 5.97 Å². The van der Waals surface area contributed by atoms with Crippen LogP contribution in [-0.4, -0.2) is 33.8 Å². The van der Waals surface area contributed by atoms with Gasteiger partial charge in [-0.05, 0) is 19.4 Å². The zero-order valence-corrected chi connectivity index (χ0v) is 11.6. The molecule has 0 saturated carbocycles. The van der Waals surface area contributed by atoms with Gasteiger partial charge in [0.2, 0.25) is 0 Å². The topological polar surface area (TPSA) is 64.3 Å². The first-order chi connectivity index (χ1) is 9.67. The minimum Gasteiger partial charge on any atom is -0.461 e. The Hall–Kier alpha value is -2.14. The van der Waals surface area contributed by atoms with Crippen molar-refractivity contribution in [3.63, 3.8) is 0 Å². The third-order valence-corrected chi connectivity index (χ3v) is 3.12. The van der Waals surface area contributed by atoms with Gasteiger partial charge in [-0.3, -0.25) is 0 Å². The summed E-state index contributed by atoms with van der Waals surface area (Å²) in [6.45, 7) is 3.94. The van der Waals surface area contributed by atoms with E-state index in [0.717, 1.165) is 11.1 Å². The van der Waals surface area contributed by atoms with Crippen LogP contribution in [-0.2, 0) is 4.74 Å². The number of imidazole rings is 1. The summed E-state index contributed by atoms with van der Waals surface area (Å²) in [4.78, 5) is 15.9. The van der Waals surface area contributed by atoms with Gasteiger partial charge in [-0.2, -0.15) is 0 Å². The lowest BCUT2D eigenvalue weighted by Crippen LogP contribution is -2.20. The smallest absolute Gasteiger partial charge is 0.356 e. The SMILES string of the molecule is CCOC(=O)c1cncn1C(CO)c1ccc(C)cc1. The second kappa shape index (κ2) is 6.34. The summed E-state index contributed by atoms with van der Waals surface area (Å²) in [5.41, 5.74) is 2.40. The average molecular weight is 274 g/mol. The number of rotatable bonds is 5. The third-order valence-electron chi connectivity index (χ3n) is 3.12. The Morgan fingerprint density at radius 2 is 2.10 bits per heavy atom. The maximum atomic E-state index is 11.9. The standard InChI is InChI=1S/C15H18N2O3/c1-3-20-15(19)13-8-16-10-17(13)14(9-18)12-6-4-11(2)5-7-12/h4-8,10,14,18H,3,9H2,1-2H3. The molecule has 20 heavy (non-hydrogen) atoms. The van der Waals surface area contributed by atoms with Gasteiger partial charge in [0.1, 0.15) is 5.69 Å². The van der Waals surface area contributed by atoms with E-state index in [-0.39, 0.29) is 12.6 Å². The van der Waals surface area contributed by atoms with Crippen molar-refractivity contribution in [2.45, 2.75) is 19.9 Å². The summed E-state index contributed by atoms with van der Waals surface area (Å²) in [6.07, 6.45) is 2.99. The predicted molar refractivity (Wildman–Crippen MR) is 74.6 cm³/mol. The van der Waals surface area contributed by atoms with Crippen LogP contribution >= 0.6 is 0 Å². The molecule has 0 saturated heterocycles. The number of aliphatic hydroxyl groups excluding tert-OH is 1. The van der Waals surface area contributed by atoms with E-state index in [0.29, 0.717) is 12.3 Å². The first-order valence-corrected chi connectivity index (χ1v) is 6.53. The second-order valence-electron chi connectivity index (χ2n) is 4.52. The summed E-state index contributed by atoms with van der Waals surface area (Å²) in [5, 5.41) is 9.66. The number of carbonyl (C=O) groups is 1. The molecular weight excluding hydrogens is 256 g/mol. The summed E-state index contributed by atoms with van der Waals surface area (Å²) in [7, 11) is 0. The van der Waals surface area contributed by atoms with Crippen molar-refractivity contribution >= 4 is 5.97 Å². The second-order valence-corrected chi connectivity index (χ2v) is 4.52. The van der Waals surface area contributed by atoms with Crippen LogP contribution in [0.25, 0.3) is 0 Å². The van der Waals surface area contributed by atoms with Crippen LogP contribution in [0.4, 0.5) is 0 Å². The molecule has 0 aliphatic heterocycles. The fourth-order valence-electron chi connectivity index (χ4n) is 2.06. The van der Waals surface area contributed by atoms with Crippen LogP contribution in [0.2, 0.25) is 0 Å². The Kier molecular flexibility index (Phi) is 4.53. The van der Waals surface area contributed by atoms with E-state index in [1.165, 1.54) is 12.5 Å². The molecule has 0 aliphatic rings. The van der Waals surface area contributed by atoms with Gasteiger partial charge < -0.3 is 14.4 Å². The molecule has 0 bridgehead atoms. The number of ether oxygens (including phenoxy) is 1. The number of aromatic nitrogens is 2. The minimum atomic E-state index is -0.435. The zero-order valence-electron chi connectivity index (χ0n) is 11.6. The Morgan fingerprint density at radius 1 is 1.40 bits per heavy atom. The Labute approximate surface area is 117 Å². The Balaban J connectivity index is 2.35. The summed E-state index contributed by atoms with van der Waals surface area (Å²) < 4.78 is 6.64. The Bertz CT molecular complexity index is 575. The van der Waals surface area contributed by atoms with Crippen molar-refractivity contribution in [3.05, 3.63) is 53.6 Å². The largest absolute Gasteiger partial charge is 0.461 e. The van der Waals surface area contributed by atoms with Crippen molar-refractivity contribution < 1.29 is 14.6 Å². The molecule has 1 atom stereocenters. The number of carbonyl (C=O) groups excluding carboxylic acids is 1. The summed E-state index contributed by atoms with van der Waals surface area (Å²) in [5.74, 6) is -0.435. The molecule has 106 valence electrons. The average Bonchev–Trinajstić information content (AvgIpc) is 2.91. The molecule has 1 unspecified atom stereocenters. The molecule has 0 radical (unpaired) electrons. The van der Waals surface area contributed by atoms with Crippen LogP contribution < -0.4 is 0 Å². The lowest BCUT2D eigenvalue weighted by atomic mass is 10.1. The van der Waals surface area contributed by atoms with Crippen molar-refractivity contribution in [2.24, 2.45) is 0 Å². The van der Waals surface area contributed by atoms with Gasteiger partial charge in [-0.15, -0.1) is 0 Å². The fraction of sp³-hybridized carbons (Fsp3) is 0.333. The first kappa shape index (κ1) is 14.3. The number of aliphatic hydroxyl groups is 1. The molecule has 1 aromatic carbocycles. The van der Waals surface area contributed by atoms with Crippen LogP contribution in [0.5, 0.6) is 0 Å². The number of hydrogen-bond acceptors (Lipinski definition) is 4. The molecule has 2 rings (SSSR count). The molecule has 1 aromatic heterocycles. The Morgan fingerprint density at radius 3 is 2.70 bits per heavy atom. The van der Waals surface area contributed by atoms with Crippen molar-refractivity contribution in [1.82, 2.24) is 9.55 Å². The molecule has 0 spiro atoms. The number of aryl methyl sites for hydroxylation is 1. The molecule has 0 amide bonds. The molecule has 5 nitrogen and oxygen atoms in total. The van der Waals surface area contributed by atoms with Gasteiger partial charge >= 0.3 is 5.97 Å². The first-order valence-electron chi connectivity index (χ1n) is 6.53. The number of hydrogen-bond donors (Lipinski definition) is 1. The monoisotopic (exact) mass is 274 g/mol. The normalized spacial score (nSPS) is 12.2. The molecular formula is C15H18N2O3. The highest BCUT2D eigenvalue weighted by atomic mass is 16.5. The summed E-state index contributed by atoms with van der Waals surface area (Å²) >= 11 is 0.